The van der Waals surface area contributed by atoms with Crippen molar-refractivity contribution in [3.05, 3.63) is 42.0 Å². The zero-order valence-corrected chi connectivity index (χ0v) is 11.0. The van der Waals surface area contributed by atoms with Crippen LogP contribution in [0.3, 0.4) is 0 Å². The van der Waals surface area contributed by atoms with Crippen LogP contribution in [-0.2, 0) is 5.41 Å². The molecule has 2 heteroatoms. The minimum atomic E-state index is -0.0976. The summed E-state index contributed by atoms with van der Waals surface area (Å²) in [6.07, 6.45) is 1.32. The molecule has 1 aromatic rings. The number of benzene rings is 1. The molecule has 0 atom stereocenters. The molecule has 0 aromatic heterocycles. The molecule has 92 valence electrons. The van der Waals surface area contributed by atoms with E-state index in [1.165, 1.54) is 6.08 Å². The Hall–Kier alpha value is -1.57. The van der Waals surface area contributed by atoms with Crippen molar-refractivity contribution in [1.29, 1.82) is 0 Å². The van der Waals surface area contributed by atoms with Gasteiger partial charge in [-0.3, -0.25) is 4.79 Å². The zero-order valence-electron chi connectivity index (χ0n) is 11.0. The van der Waals surface area contributed by atoms with Crippen molar-refractivity contribution >= 4 is 5.78 Å². The first-order valence-corrected chi connectivity index (χ1v) is 5.84. The van der Waals surface area contributed by atoms with Gasteiger partial charge in [-0.2, -0.15) is 0 Å². The molecule has 0 radical (unpaired) electrons. The third-order valence-electron chi connectivity index (χ3n) is 2.60. The lowest BCUT2D eigenvalue weighted by molar-refractivity contribution is 0.104. The fourth-order valence-corrected chi connectivity index (χ4v) is 1.58. The Morgan fingerprint density at radius 2 is 2.06 bits per heavy atom. The third-order valence-corrected chi connectivity index (χ3v) is 2.60. The molecule has 0 aliphatic rings. The summed E-state index contributed by atoms with van der Waals surface area (Å²) in [6.45, 7) is 12.3. The predicted octanol–water partition coefficient (Wildman–Crippen LogP) is 3.75. The van der Waals surface area contributed by atoms with E-state index in [1.54, 1.807) is 0 Å². The highest BCUT2D eigenvalue weighted by atomic mass is 16.5. The van der Waals surface area contributed by atoms with Crippen LogP contribution in [0.25, 0.3) is 0 Å². The van der Waals surface area contributed by atoms with Gasteiger partial charge in [0.05, 0.1) is 12.2 Å². The zero-order chi connectivity index (χ0) is 13.1. The van der Waals surface area contributed by atoms with Gasteiger partial charge in [0.1, 0.15) is 5.75 Å². The van der Waals surface area contributed by atoms with Crippen LogP contribution in [0.1, 0.15) is 43.6 Å². The second kappa shape index (κ2) is 5.17. The standard InChI is InChI=1S/C15H20O2/c1-6-13(16)12-10-11(15(3,4)5)8-9-14(12)17-7-2/h6,8-10H,1,7H2,2-5H3. The van der Waals surface area contributed by atoms with E-state index >= 15 is 0 Å². The minimum Gasteiger partial charge on any atom is -0.493 e. The average Bonchev–Trinajstić information content (AvgIpc) is 2.27. The van der Waals surface area contributed by atoms with Gasteiger partial charge in [-0.1, -0.05) is 33.4 Å². The molecule has 0 amide bonds. The lowest BCUT2D eigenvalue weighted by atomic mass is 9.85. The first-order chi connectivity index (χ1) is 7.90. The highest BCUT2D eigenvalue weighted by molar-refractivity contribution is 6.06. The van der Waals surface area contributed by atoms with Crippen LogP contribution < -0.4 is 4.74 Å². The Morgan fingerprint density at radius 3 is 2.53 bits per heavy atom. The molecule has 0 fully saturated rings. The van der Waals surface area contributed by atoms with Crippen molar-refractivity contribution in [2.75, 3.05) is 6.61 Å². The normalized spacial score (nSPS) is 11.1. The number of carbonyl (C=O) groups excluding carboxylic acids is 1. The van der Waals surface area contributed by atoms with E-state index in [2.05, 4.69) is 27.4 Å². The lowest BCUT2D eigenvalue weighted by Gasteiger charge is -2.20. The van der Waals surface area contributed by atoms with Crippen LogP contribution in [-0.4, -0.2) is 12.4 Å². The summed E-state index contributed by atoms with van der Waals surface area (Å²) in [5, 5.41) is 0. The van der Waals surface area contributed by atoms with E-state index in [4.69, 9.17) is 4.74 Å². The van der Waals surface area contributed by atoms with E-state index in [-0.39, 0.29) is 11.2 Å². The van der Waals surface area contributed by atoms with E-state index < -0.39 is 0 Å². The number of ketones is 1. The Balaban J connectivity index is 3.28. The topological polar surface area (TPSA) is 26.3 Å². The molecule has 0 bridgehead atoms. The fourth-order valence-electron chi connectivity index (χ4n) is 1.58. The maximum Gasteiger partial charge on any atom is 0.188 e. The summed E-state index contributed by atoms with van der Waals surface area (Å²) >= 11 is 0. The van der Waals surface area contributed by atoms with Crippen LogP contribution in [0.4, 0.5) is 0 Å². The SMILES string of the molecule is C=CC(=O)c1cc(C(C)(C)C)ccc1OCC. The molecule has 0 heterocycles. The second-order valence-electron chi connectivity index (χ2n) is 4.96. The Kier molecular flexibility index (Phi) is 4.11. The van der Waals surface area contributed by atoms with Crippen LogP contribution in [0.15, 0.2) is 30.9 Å². The first kappa shape index (κ1) is 13.5. The molecule has 0 saturated heterocycles. The highest BCUT2D eigenvalue weighted by Crippen LogP contribution is 2.28. The van der Waals surface area contributed by atoms with Crippen molar-refractivity contribution in [1.82, 2.24) is 0 Å². The molecule has 0 saturated carbocycles. The monoisotopic (exact) mass is 232 g/mol. The number of hydrogen-bond donors (Lipinski definition) is 0. The fraction of sp³-hybridized carbons (Fsp3) is 0.400. The second-order valence-corrected chi connectivity index (χ2v) is 4.96. The number of carbonyl (C=O) groups is 1. The Labute approximate surface area is 103 Å². The lowest BCUT2D eigenvalue weighted by Crippen LogP contribution is -2.13. The molecule has 2 nitrogen and oxygen atoms in total. The van der Waals surface area contributed by atoms with Crippen LogP contribution >= 0.6 is 0 Å². The van der Waals surface area contributed by atoms with Gasteiger partial charge in [-0.25, -0.2) is 0 Å². The smallest absolute Gasteiger partial charge is 0.188 e. The molecule has 1 rings (SSSR count). The van der Waals surface area contributed by atoms with E-state index in [9.17, 15) is 4.79 Å². The van der Waals surface area contributed by atoms with Gasteiger partial charge in [0, 0.05) is 0 Å². The summed E-state index contributed by atoms with van der Waals surface area (Å²) in [7, 11) is 0. The maximum atomic E-state index is 11.8. The number of rotatable bonds is 4. The molecule has 0 unspecified atom stereocenters. The largest absolute Gasteiger partial charge is 0.493 e. The third kappa shape index (κ3) is 3.19. The van der Waals surface area contributed by atoms with Crippen molar-refractivity contribution in [2.24, 2.45) is 0 Å². The van der Waals surface area contributed by atoms with Gasteiger partial charge in [-0.15, -0.1) is 0 Å². The summed E-state index contributed by atoms with van der Waals surface area (Å²) in [5.41, 5.74) is 1.72. The van der Waals surface area contributed by atoms with Gasteiger partial charge in [-0.05, 0) is 36.1 Å². The summed E-state index contributed by atoms with van der Waals surface area (Å²) < 4.78 is 5.46. The van der Waals surface area contributed by atoms with E-state index in [0.29, 0.717) is 17.9 Å². The maximum absolute atomic E-state index is 11.8. The molecule has 1 aromatic carbocycles. The quantitative estimate of drug-likeness (QED) is 0.583. The average molecular weight is 232 g/mol. The van der Waals surface area contributed by atoms with Crippen LogP contribution in [0.2, 0.25) is 0 Å². The van der Waals surface area contributed by atoms with E-state index in [1.807, 2.05) is 25.1 Å². The number of allylic oxidation sites excluding steroid dienone is 1. The van der Waals surface area contributed by atoms with Crippen molar-refractivity contribution in [3.63, 3.8) is 0 Å². The Bertz CT molecular complexity index is 425. The minimum absolute atomic E-state index is 0.0148. The van der Waals surface area contributed by atoms with Crippen molar-refractivity contribution < 1.29 is 9.53 Å². The summed E-state index contributed by atoms with van der Waals surface area (Å²) in [4.78, 5) is 11.8. The molecule has 17 heavy (non-hydrogen) atoms. The van der Waals surface area contributed by atoms with Gasteiger partial charge in [0.2, 0.25) is 0 Å². The Morgan fingerprint density at radius 1 is 1.41 bits per heavy atom. The summed E-state index contributed by atoms with van der Waals surface area (Å²) in [6, 6.07) is 5.76. The first-order valence-electron chi connectivity index (χ1n) is 5.84. The predicted molar refractivity (Wildman–Crippen MR) is 70.8 cm³/mol. The molecule has 0 aliphatic heterocycles. The van der Waals surface area contributed by atoms with Crippen LogP contribution in [0, 0.1) is 0 Å². The van der Waals surface area contributed by atoms with E-state index in [0.717, 1.165) is 5.56 Å². The summed E-state index contributed by atoms with van der Waals surface area (Å²) in [5.74, 6) is 0.532. The van der Waals surface area contributed by atoms with Gasteiger partial charge in [0.15, 0.2) is 5.78 Å². The number of ether oxygens (including phenoxy) is 1. The molecular formula is C15H20O2. The van der Waals surface area contributed by atoms with Gasteiger partial charge in [0.25, 0.3) is 0 Å². The number of hydrogen-bond acceptors (Lipinski definition) is 2. The highest BCUT2D eigenvalue weighted by Gasteiger charge is 2.18. The van der Waals surface area contributed by atoms with Gasteiger partial charge >= 0.3 is 0 Å². The van der Waals surface area contributed by atoms with Crippen molar-refractivity contribution in [2.45, 2.75) is 33.1 Å². The molecular weight excluding hydrogens is 212 g/mol. The van der Waals surface area contributed by atoms with Crippen molar-refractivity contribution in [3.8, 4) is 5.75 Å². The molecule has 0 aliphatic carbocycles. The molecule has 0 spiro atoms. The molecule has 0 N–H and O–H groups in total. The van der Waals surface area contributed by atoms with Gasteiger partial charge < -0.3 is 4.74 Å². The van der Waals surface area contributed by atoms with Crippen LogP contribution in [0.5, 0.6) is 5.75 Å².